The number of aromatic nitrogens is 2. The van der Waals surface area contributed by atoms with Crippen molar-refractivity contribution in [1.82, 2.24) is 9.97 Å². The summed E-state index contributed by atoms with van der Waals surface area (Å²) in [6.07, 6.45) is 5.04. The van der Waals surface area contributed by atoms with E-state index in [2.05, 4.69) is 20.0 Å². The number of sulfonamides is 1. The highest BCUT2D eigenvalue weighted by atomic mass is 35.5. The topological polar surface area (TPSA) is 101 Å². The normalized spacial score (nSPS) is 11.3. The van der Waals surface area contributed by atoms with Crippen LogP contribution >= 0.6 is 11.6 Å². The molecule has 9 heteroatoms. The third-order valence-electron chi connectivity index (χ3n) is 4.68. The third kappa shape index (κ3) is 6.06. The Bertz CT molecular complexity index is 1420. The first-order valence-corrected chi connectivity index (χ1v) is 12.0. The van der Waals surface area contributed by atoms with Crippen LogP contribution in [0.4, 0.5) is 11.6 Å². The van der Waals surface area contributed by atoms with Gasteiger partial charge in [-0.15, -0.1) is 0 Å². The van der Waals surface area contributed by atoms with Gasteiger partial charge in [0.1, 0.15) is 0 Å². The lowest BCUT2D eigenvalue weighted by Crippen LogP contribution is -2.15. The number of anilines is 2. The van der Waals surface area contributed by atoms with Crippen LogP contribution in [0.3, 0.4) is 0 Å². The van der Waals surface area contributed by atoms with Crippen molar-refractivity contribution < 1.29 is 13.2 Å². The molecule has 0 radical (unpaired) electrons. The van der Waals surface area contributed by atoms with E-state index in [0.29, 0.717) is 22.0 Å². The second-order valence-corrected chi connectivity index (χ2v) is 9.26. The Labute approximate surface area is 202 Å². The Kier molecular flexibility index (Phi) is 7.01. The molecule has 1 heterocycles. The van der Waals surface area contributed by atoms with E-state index in [9.17, 15) is 13.2 Å². The molecule has 1 amide bonds. The number of rotatable bonds is 7. The molecule has 0 fully saturated rings. The maximum atomic E-state index is 12.8. The molecule has 34 heavy (non-hydrogen) atoms. The molecule has 0 aliphatic carbocycles. The fourth-order valence-electron chi connectivity index (χ4n) is 2.96. The average Bonchev–Trinajstić information content (AvgIpc) is 2.84. The van der Waals surface area contributed by atoms with Gasteiger partial charge in [-0.2, -0.15) is 0 Å². The summed E-state index contributed by atoms with van der Waals surface area (Å²) in [6, 6.07) is 23.5. The summed E-state index contributed by atoms with van der Waals surface area (Å²) >= 11 is 5.89. The van der Waals surface area contributed by atoms with Crippen molar-refractivity contribution in [3.63, 3.8) is 0 Å². The van der Waals surface area contributed by atoms with Gasteiger partial charge in [-0.1, -0.05) is 48.0 Å². The van der Waals surface area contributed by atoms with E-state index in [1.165, 1.54) is 30.5 Å². The molecule has 0 bridgehead atoms. The van der Waals surface area contributed by atoms with Crippen molar-refractivity contribution in [1.29, 1.82) is 0 Å². The zero-order valence-electron chi connectivity index (χ0n) is 17.7. The number of halogens is 1. The molecule has 0 aliphatic heterocycles. The summed E-state index contributed by atoms with van der Waals surface area (Å²) in [6.45, 7) is 0. The average molecular weight is 491 g/mol. The van der Waals surface area contributed by atoms with Gasteiger partial charge in [-0.25, -0.2) is 23.1 Å². The standard InChI is InChI=1S/C25H19ClN4O3S/c26-20-9-6-18(7-10-20)8-11-22-16-17-27-25(29-22)30-34(32,33)23-14-12-21(13-15-23)28-24(31)19-4-2-1-3-5-19/h1-17H,(H,28,31)(H,27,29,30)/b11-8+. The summed E-state index contributed by atoms with van der Waals surface area (Å²) in [7, 11) is -3.93. The van der Waals surface area contributed by atoms with E-state index < -0.39 is 10.0 Å². The van der Waals surface area contributed by atoms with E-state index in [1.807, 2.05) is 24.3 Å². The molecule has 0 spiro atoms. The smallest absolute Gasteiger partial charge is 0.264 e. The number of benzene rings is 3. The second kappa shape index (κ2) is 10.3. The Morgan fingerprint density at radius 2 is 1.56 bits per heavy atom. The Morgan fingerprint density at radius 3 is 2.26 bits per heavy atom. The van der Waals surface area contributed by atoms with Crippen LogP contribution in [-0.2, 0) is 10.0 Å². The van der Waals surface area contributed by atoms with E-state index in [0.717, 1.165) is 5.56 Å². The van der Waals surface area contributed by atoms with Crippen LogP contribution in [0.15, 0.2) is 96.0 Å². The molecule has 0 atom stereocenters. The van der Waals surface area contributed by atoms with Crippen LogP contribution in [0.1, 0.15) is 21.6 Å². The largest absolute Gasteiger partial charge is 0.322 e. The highest BCUT2D eigenvalue weighted by molar-refractivity contribution is 7.92. The van der Waals surface area contributed by atoms with Crippen molar-refractivity contribution in [3.8, 4) is 0 Å². The van der Waals surface area contributed by atoms with Gasteiger partial charge in [0.2, 0.25) is 5.95 Å². The molecule has 0 unspecified atom stereocenters. The molecule has 1 aromatic heterocycles. The van der Waals surface area contributed by atoms with Gasteiger partial charge in [0.05, 0.1) is 10.6 Å². The van der Waals surface area contributed by atoms with Gasteiger partial charge in [0.15, 0.2) is 0 Å². The van der Waals surface area contributed by atoms with Crippen LogP contribution < -0.4 is 10.0 Å². The summed E-state index contributed by atoms with van der Waals surface area (Å²) in [5.41, 5.74) is 2.42. The first-order valence-electron chi connectivity index (χ1n) is 10.1. The quantitative estimate of drug-likeness (QED) is 0.363. The number of carbonyl (C=O) groups excluding carboxylic acids is 1. The molecule has 0 saturated carbocycles. The van der Waals surface area contributed by atoms with Crippen molar-refractivity contribution in [2.24, 2.45) is 0 Å². The van der Waals surface area contributed by atoms with Crippen molar-refractivity contribution in [2.75, 3.05) is 10.0 Å². The Hall–Kier alpha value is -4.01. The maximum absolute atomic E-state index is 12.8. The highest BCUT2D eigenvalue weighted by Gasteiger charge is 2.16. The van der Waals surface area contributed by atoms with Crippen molar-refractivity contribution in [3.05, 3.63) is 113 Å². The van der Waals surface area contributed by atoms with Gasteiger partial charge in [-0.3, -0.25) is 4.79 Å². The number of nitrogens with zero attached hydrogens (tertiary/aromatic N) is 2. The minimum atomic E-state index is -3.93. The van der Waals surface area contributed by atoms with Gasteiger partial charge < -0.3 is 5.32 Å². The third-order valence-corrected chi connectivity index (χ3v) is 6.27. The van der Waals surface area contributed by atoms with Gasteiger partial charge >= 0.3 is 0 Å². The molecule has 0 saturated heterocycles. The second-order valence-electron chi connectivity index (χ2n) is 7.14. The van der Waals surface area contributed by atoms with Crippen molar-refractivity contribution >= 4 is 51.3 Å². The lowest BCUT2D eigenvalue weighted by Gasteiger charge is -2.09. The first kappa shape index (κ1) is 23.2. The minimum Gasteiger partial charge on any atom is -0.322 e. The van der Waals surface area contributed by atoms with Gasteiger partial charge in [-0.05, 0) is 66.2 Å². The van der Waals surface area contributed by atoms with Crippen LogP contribution in [0.5, 0.6) is 0 Å². The van der Waals surface area contributed by atoms with Gasteiger partial charge in [0, 0.05) is 22.5 Å². The molecular formula is C25H19ClN4O3S. The summed E-state index contributed by atoms with van der Waals surface area (Å²) in [5.74, 6) is -0.342. The van der Waals surface area contributed by atoms with Crippen molar-refractivity contribution in [2.45, 2.75) is 4.90 Å². The van der Waals surface area contributed by atoms with E-state index in [4.69, 9.17) is 11.6 Å². The fraction of sp³-hybridized carbons (Fsp3) is 0. The van der Waals surface area contributed by atoms with Crippen LogP contribution in [0.2, 0.25) is 5.02 Å². The van der Waals surface area contributed by atoms with E-state index in [1.54, 1.807) is 48.5 Å². The Balaban J connectivity index is 1.44. The van der Waals surface area contributed by atoms with E-state index >= 15 is 0 Å². The molecule has 0 aliphatic rings. The molecule has 4 aromatic rings. The predicted octanol–water partition coefficient (Wildman–Crippen LogP) is 5.35. The molecule has 4 rings (SSSR count). The van der Waals surface area contributed by atoms with Crippen LogP contribution in [0.25, 0.3) is 12.2 Å². The molecule has 3 aromatic carbocycles. The Morgan fingerprint density at radius 1 is 0.853 bits per heavy atom. The number of carbonyl (C=O) groups is 1. The number of nitrogens with one attached hydrogen (secondary N) is 2. The molecular weight excluding hydrogens is 472 g/mol. The van der Waals surface area contributed by atoms with Crippen LogP contribution in [-0.4, -0.2) is 24.3 Å². The predicted molar refractivity (Wildman–Crippen MR) is 134 cm³/mol. The van der Waals surface area contributed by atoms with Gasteiger partial charge in [0.25, 0.3) is 15.9 Å². The fourth-order valence-corrected chi connectivity index (χ4v) is 4.04. The SMILES string of the molecule is O=C(Nc1ccc(S(=O)(=O)Nc2nccc(/C=C/c3ccc(Cl)cc3)n2)cc1)c1ccccc1. The first-order chi connectivity index (χ1) is 16.4. The summed E-state index contributed by atoms with van der Waals surface area (Å²) < 4.78 is 27.9. The maximum Gasteiger partial charge on any atom is 0.264 e. The molecule has 170 valence electrons. The van der Waals surface area contributed by atoms with E-state index in [-0.39, 0.29) is 16.8 Å². The lowest BCUT2D eigenvalue weighted by atomic mass is 10.2. The monoisotopic (exact) mass is 490 g/mol. The zero-order chi connectivity index (χ0) is 24.0. The highest BCUT2D eigenvalue weighted by Crippen LogP contribution is 2.18. The number of amides is 1. The summed E-state index contributed by atoms with van der Waals surface area (Å²) in [5, 5.41) is 3.37. The molecule has 2 N–H and O–H groups in total. The van der Waals surface area contributed by atoms with Crippen LogP contribution in [0, 0.1) is 0 Å². The lowest BCUT2D eigenvalue weighted by molar-refractivity contribution is 0.102. The summed E-state index contributed by atoms with van der Waals surface area (Å²) in [4.78, 5) is 20.5. The number of hydrogen-bond donors (Lipinski definition) is 2. The number of hydrogen-bond acceptors (Lipinski definition) is 5. The molecule has 7 nitrogen and oxygen atoms in total. The zero-order valence-corrected chi connectivity index (χ0v) is 19.3. The minimum absolute atomic E-state index is 0.0101.